The zero-order chi connectivity index (χ0) is 24.5. The number of Topliss-reactive ketones (excluding diaryl/α,β-unsaturated/α-hetero) is 1. The Morgan fingerprint density at radius 3 is 2.53 bits per heavy atom. The van der Waals surface area contributed by atoms with Gasteiger partial charge in [0.1, 0.15) is 5.76 Å². The predicted octanol–water partition coefficient (Wildman–Crippen LogP) is 4.24. The van der Waals surface area contributed by atoms with Gasteiger partial charge < -0.3 is 9.73 Å². The number of aryl methyl sites for hydroxylation is 1. The van der Waals surface area contributed by atoms with E-state index in [1.54, 1.807) is 26.2 Å². The minimum absolute atomic E-state index is 0.0747. The van der Waals surface area contributed by atoms with Gasteiger partial charge in [-0.25, -0.2) is 4.68 Å². The number of rotatable bonds is 7. The van der Waals surface area contributed by atoms with Crippen molar-refractivity contribution in [2.75, 3.05) is 19.6 Å². The van der Waals surface area contributed by atoms with Gasteiger partial charge in [0.15, 0.2) is 0 Å². The van der Waals surface area contributed by atoms with E-state index in [1.807, 2.05) is 6.07 Å². The molecule has 3 heterocycles. The molecule has 2 aromatic heterocycles. The molecule has 1 aromatic carbocycles. The molecule has 0 bridgehead atoms. The molecule has 1 aliphatic heterocycles. The summed E-state index contributed by atoms with van der Waals surface area (Å²) < 4.78 is 46.1. The summed E-state index contributed by atoms with van der Waals surface area (Å²) in [7, 11) is 0. The van der Waals surface area contributed by atoms with Crippen molar-refractivity contribution in [3.8, 4) is 5.69 Å². The van der Waals surface area contributed by atoms with Crippen molar-refractivity contribution in [3.05, 3.63) is 70.9 Å². The second-order valence-corrected chi connectivity index (χ2v) is 8.32. The maximum absolute atomic E-state index is 13.1. The number of nitrogens with one attached hydrogen (secondary N) is 1. The standard InChI is InChI=1S/C24H25F3N4O3/c1-15-21(16(2)31(29-15)18-8-5-7-17(13-18)24(25,26)27)22(32)23(33)28-14-19(20-9-6-12-34-20)30-10-3-4-11-30/h5-9,12-13,19H,3-4,10-11,14H2,1-2H3,(H,28,33). The van der Waals surface area contributed by atoms with Gasteiger partial charge in [-0.2, -0.15) is 18.3 Å². The van der Waals surface area contributed by atoms with Crippen molar-refractivity contribution in [1.29, 1.82) is 0 Å². The molecule has 1 fully saturated rings. The molecule has 1 unspecified atom stereocenters. The summed E-state index contributed by atoms with van der Waals surface area (Å²) in [6.45, 7) is 5.04. The summed E-state index contributed by atoms with van der Waals surface area (Å²) >= 11 is 0. The molecule has 0 saturated carbocycles. The number of nitrogens with zero attached hydrogens (tertiary/aromatic N) is 3. The highest BCUT2D eigenvalue weighted by molar-refractivity contribution is 6.43. The summed E-state index contributed by atoms with van der Waals surface area (Å²) in [5, 5.41) is 6.93. The topological polar surface area (TPSA) is 80.4 Å². The molecule has 0 aliphatic carbocycles. The number of amides is 1. The fourth-order valence-corrected chi connectivity index (χ4v) is 4.36. The third-order valence-electron chi connectivity index (χ3n) is 6.05. The van der Waals surface area contributed by atoms with Crippen molar-refractivity contribution in [2.24, 2.45) is 0 Å². The maximum Gasteiger partial charge on any atom is 0.416 e. The number of aromatic nitrogens is 2. The second kappa shape index (κ2) is 9.46. The molecule has 1 N–H and O–H groups in total. The molecule has 1 amide bonds. The number of hydrogen-bond acceptors (Lipinski definition) is 5. The molecule has 0 radical (unpaired) electrons. The van der Waals surface area contributed by atoms with E-state index < -0.39 is 23.4 Å². The molecule has 180 valence electrons. The minimum Gasteiger partial charge on any atom is -0.468 e. The number of carbonyl (C=O) groups excluding carboxylic acids is 2. The number of carbonyl (C=O) groups is 2. The number of likely N-dealkylation sites (tertiary alicyclic amines) is 1. The average Bonchev–Trinajstić information content (AvgIpc) is 3.56. The van der Waals surface area contributed by atoms with Gasteiger partial charge >= 0.3 is 6.18 Å². The van der Waals surface area contributed by atoms with Gasteiger partial charge in [-0.3, -0.25) is 14.5 Å². The van der Waals surface area contributed by atoms with Crippen molar-refractivity contribution in [1.82, 2.24) is 20.0 Å². The molecular weight excluding hydrogens is 449 g/mol. The van der Waals surface area contributed by atoms with Crippen LogP contribution in [0.15, 0.2) is 47.1 Å². The molecule has 4 rings (SSSR count). The van der Waals surface area contributed by atoms with Crippen LogP contribution in [0, 0.1) is 13.8 Å². The third kappa shape index (κ3) is 4.77. The van der Waals surface area contributed by atoms with Gasteiger partial charge in [0.2, 0.25) is 0 Å². The van der Waals surface area contributed by atoms with E-state index in [0.717, 1.165) is 38.1 Å². The van der Waals surface area contributed by atoms with E-state index >= 15 is 0 Å². The molecule has 34 heavy (non-hydrogen) atoms. The zero-order valence-electron chi connectivity index (χ0n) is 18.9. The predicted molar refractivity (Wildman–Crippen MR) is 118 cm³/mol. The van der Waals surface area contributed by atoms with Crippen LogP contribution in [0.2, 0.25) is 0 Å². The first-order valence-electron chi connectivity index (χ1n) is 11.0. The fourth-order valence-electron chi connectivity index (χ4n) is 4.36. The van der Waals surface area contributed by atoms with Crippen molar-refractivity contribution in [2.45, 2.75) is 38.9 Å². The van der Waals surface area contributed by atoms with E-state index in [2.05, 4.69) is 15.3 Å². The summed E-state index contributed by atoms with van der Waals surface area (Å²) in [6, 6.07) is 8.08. The number of alkyl halides is 3. The van der Waals surface area contributed by atoms with Crippen molar-refractivity contribution in [3.63, 3.8) is 0 Å². The number of furan rings is 1. The monoisotopic (exact) mass is 474 g/mol. The highest BCUT2D eigenvalue weighted by Gasteiger charge is 2.32. The molecule has 0 spiro atoms. The first-order valence-corrected chi connectivity index (χ1v) is 11.0. The summed E-state index contributed by atoms with van der Waals surface area (Å²) in [5.74, 6) is -0.877. The van der Waals surface area contributed by atoms with Gasteiger partial charge in [-0.1, -0.05) is 6.07 Å². The average molecular weight is 474 g/mol. The van der Waals surface area contributed by atoms with E-state index in [9.17, 15) is 22.8 Å². The summed E-state index contributed by atoms with van der Waals surface area (Å²) in [5.41, 5.74) is -0.0437. The van der Waals surface area contributed by atoms with Crippen LogP contribution in [0.4, 0.5) is 13.2 Å². The molecule has 1 atom stereocenters. The zero-order valence-corrected chi connectivity index (χ0v) is 18.9. The van der Waals surface area contributed by atoms with E-state index in [1.165, 1.54) is 16.8 Å². The Balaban J connectivity index is 1.53. The van der Waals surface area contributed by atoms with Crippen LogP contribution in [0.5, 0.6) is 0 Å². The van der Waals surface area contributed by atoms with Crippen LogP contribution in [0.3, 0.4) is 0 Å². The number of halogens is 3. The van der Waals surface area contributed by atoms with Crippen LogP contribution >= 0.6 is 0 Å². The van der Waals surface area contributed by atoms with Crippen LogP contribution in [0.25, 0.3) is 5.69 Å². The lowest BCUT2D eigenvalue weighted by molar-refractivity contribution is -0.137. The first-order chi connectivity index (χ1) is 16.2. The molecule has 10 heteroatoms. The Hall–Kier alpha value is -3.40. The Kier molecular flexibility index (Phi) is 6.60. The highest BCUT2D eigenvalue weighted by Crippen LogP contribution is 2.31. The van der Waals surface area contributed by atoms with Gasteiger partial charge in [0.05, 0.1) is 40.5 Å². The summed E-state index contributed by atoms with van der Waals surface area (Å²) in [4.78, 5) is 28.0. The summed E-state index contributed by atoms with van der Waals surface area (Å²) in [6.07, 6.45) is -0.834. The van der Waals surface area contributed by atoms with Gasteiger partial charge in [-0.05, 0) is 70.1 Å². The largest absolute Gasteiger partial charge is 0.468 e. The van der Waals surface area contributed by atoms with Crippen molar-refractivity contribution >= 4 is 11.7 Å². The number of benzene rings is 1. The highest BCUT2D eigenvalue weighted by atomic mass is 19.4. The lowest BCUT2D eigenvalue weighted by Gasteiger charge is -2.25. The lowest BCUT2D eigenvalue weighted by Crippen LogP contribution is -2.39. The van der Waals surface area contributed by atoms with Crippen LogP contribution in [-0.2, 0) is 11.0 Å². The van der Waals surface area contributed by atoms with Gasteiger partial charge in [0, 0.05) is 6.54 Å². The molecule has 7 nitrogen and oxygen atoms in total. The Morgan fingerprint density at radius 1 is 1.15 bits per heavy atom. The smallest absolute Gasteiger partial charge is 0.416 e. The SMILES string of the molecule is Cc1nn(-c2cccc(C(F)(F)F)c2)c(C)c1C(=O)C(=O)NCC(c1ccco1)N1CCCC1. The molecule has 1 aliphatic rings. The minimum atomic E-state index is -4.51. The molecular formula is C24H25F3N4O3. The number of hydrogen-bond donors (Lipinski definition) is 1. The van der Waals surface area contributed by atoms with E-state index in [-0.39, 0.29) is 29.5 Å². The van der Waals surface area contributed by atoms with Gasteiger partial charge in [0.25, 0.3) is 11.7 Å². The van der Waals surface area contributed by atoms with Gasteiger partial charge in [-0.15, -0.1) is 0 Å². The molecule has 1 saturated heterocycles. The van der Waals surface area contributed by atoms with Crippen molar-refractivity contribution < 1.29 is 27.2 Å². The normalized spacial score (nSPS) is 15.4. The van der Waals surface area contributed by atoms with Crippen LogP contribution < -0.4 is 5.32 Å². The Bertz CT molecular complexity index is 1180. The first kappa shape index (κ1) is 23.7. The second-order valence-electron chi connectivity index (χ2n) is 8.32. The Labute approximate surface area is 194 Å². The Morgan fingerprint density at radius 2 is 1.88 bits per heavy atom. The van der Waals surface area contributed by atoms with Crippen LogP contribution in [0.1, 0.15) is 52.0 Å². The van der Waals surface area contributed by atoms with E-state index in [0.29, 0.717) is 11.5 Å². The third-order valence-corrected chi connectivity index (χ3v) is 6.05. The lowest BCUT2D eigenvalue weighted by atomic mass is 10.1. The van der Waals surface area contributed by atoms with E-state index in [4.69, 9.17) is 4.42 Å². The fraction of sp³-hybridized carbons (Fsp3) is 0.375. The maximum atomic E-state index is 13.1. The van der Waals surface area contributed by atoms with Crippen LogP contribution in [-0.4, -0.2) is 46.0 Å². The quantitative estimate of drug-likeness (QED) is 0.409. The molecule has 3 aromatic rings. The number of ketones is 1.